The summed E-state index contributed by atoms with van der Waals surface area (Å²) in [5.74, 6) is 0. The average Bonchev–Trinajstić information content (AvgIpc) is 2.98. The Hall–Kier alpha value is -2.15. The van der Waals surface area contributed by atoms with Crippen molar-refractivity contribution in [2.24, 2.45) is 5.73 Å². The number of nitrogens with zero attached hydrogens (tertiary/aromatic N) is 3. The fourth-order valence-corrected chi connectivity index (χ4v) is 3.35. The van der Waals surface area contributed by atoms with Crippen LogP contribution in [0.2, 0.25) is 0 Å². The second-order valence-electron chi connectivity index (χ2n) is 5.34. The molecule has 2 unspecified atom stereocenters. The summed E-state index contributed by atoms with van der Waals surface area (Å²) in [6.45, 7) is 5.68. The molecule has 2 aromatic heterocycles. The Bertz CT molecular complexity index is 828. The predicted octanol–water partition coefficient (Wildman–Crippen LogP) is 2.89. The first kappa shape index (κ1) is 15.7. The van der Waals surface area contributed by atoms with Crippen LogP contribution in [0.4, 0.5) is 0 Å². The molecule has 118 valence electrons. The minimum Gasteiger partial charge on any atom is -0.587 e. The zero-order chi connectivity index (χ0) is 16.4. The topological polar surface area (TPSA) is 79.8 Å². The van der Waals surface area contributed by atoms with Crippen LogP contribution in [0.25, 0.3) is 11.2 Å². The smallest absolute Gasteiger partial charge is 0.205 e. The van der Waals surface area contributed by atoms with Crippen LogP contribution in [0.15, 0.2) is 60.3 Å². The summed E-state index contributed by atoms with van der Waals surface area (Å²) in [5.41, 5.74) is 9.13. The minimum atomic E-state index is -1.35. The van der Waals surface area contributed by atoms with Gasteiger partial charge in [0.25, 0.3) is 0 Å². The van der Waals surface area contributed by atoms with Gasteiger partial charge in [0.05, 0.1) is 24.1 Å². The van der Waals surface area contributed by atoms with Crippen molar-refractivity contribution in [1.29, 1.82) is 0 Å². The summed E-state index contributed by atoms with van der Waals surface area (Å²) in [4.78, 5) is 9.64. The van der Waals surface area contributed by atoms with E-state index in [1.54, 1.807) is 28.5 Å². The first-order valence-corrected chi connectivity index (χ1v) is 8.40. The van der Waals surface area contributed by atoms with Gasteiger partial charge in [-0.25, -0.2) is 9.97 Å². The van der Waals surface area contributed by atoms with Crippen LogP contribution >= 0.6 is 0 Å². The molecule has 3 aromatic rings. The molecule has 23 heavy (non-hydrogen) atoms. The van der Waals surface area contributed by atoms with E-state index in [9.17, 15) is 4.55 Å². The van der Waals surface area contributed by atoms with Crippen LogP contribution in [0.5, 0.6) is 0 Å². The summed E-state index contributed by atoms with van der Waals surface area (Å²) >= 11 is -1.35. The summed E-state index contributed by atoms with van der Waals surface area (Å²) in [6.07, 6.45) is 5.77. The van der Waals surface area contributed by atoms with Gasteiger partial charge in [0.2, 0.25) is 5.65 Å². The van der Waals surface area contributed by atoms with Crippen molar-refractivity contribution in [2.45, 2.75) is 24.3 Å². The first-order chi connectivity index (χ1) is 11.1. The summed E-state index contributed by atoms with van der Waals surface area (Å²) in [6, 6.07) is 9.18. The van der Waals surface area contributed by atoms with Gasteiger partial charge in [-0.2, -0.15) is 0 Å². The molecular formula is C17H18N4OS. The molecule has 0 bridgehead atoms. The lowest BCUT2D eigenvalue weighted by Crippen LogP contribution is -2.14. The number of hydrogen-bond acceptors (Lipinski definition) is 4. The van der Waals surface area contributed by atoms with Crippen LogP contribution in [-0.2, 0) is 11.4 Å². The maximum absolute atomic E-state index is 12.7. The molecule has 2 atom stereocenters. The van der Waals surface area contributed by atoms with Gasteiger partial charge in [-0.05, 0) is 31.5 Å². The van der Waals surface area contributed by atoms with E-state index in [0.29, 0.717) is 23.3 Å². The van der Waals surface area contributed by atoms with Crippen molar-refractivity contribution < 1.29 is 4.55 Å². The second kappa shape index (κ2) is 6.54. The van der Waals surface area contributed by atoms with Gasteiger partial charge in [0, 0.05) is 0 Å². The van der Waals surface area contributed by atoms with Crippen LogP contribution < -0.4 is 5.73 Å². The number of benzene rings is 1. The molecule has 0 amide bonds. The van der Waals surface area contributed by atoms with E-state index in [0.717, 1.165) is 10.5 Å². The third kappa shape index (κ3) is 3.14. The summed E-state index contributed by atoms with van der Waals surface area (Å²) < 4.78 is 14.3. The SMILES string of the molecule is C=CCC(N)c1cnc2c(ccn2[S+]([O-])c2ccc(C)cc2)n1. The lowest BCUT2D eigenvalue weighted by Gasteiger charge is -2.11. The molecule has 2 N–H and O–H groups in total. The van der Waals surface area contributed by atoms with E-state index in [2.05, 4.69) is 16.5 Å². The molecule has 0 saturated carbocycles. The van der Waals surface area contributed by atoms with Crippen molar-refractivity contribution in [3.63, 3.8) is 0 Å². The van der Waals surface area contributed by atoms with Crippen molar-refractivity contribution in [3.8, 4) is 0 Å². The fourth-order valence-electron chi connectivity index (χ4n) is 2.28. The largest absolute Gasteiger partial charge is 0.587 e. The molecule has 0 aliphatic heterocycles. The summed E-state index contributed by atoms with van der Waals surface area (Å²) in [5, 5.41) is 0. The zero-order valence-electron chi connectivity index (χ0n) is 12.8. The van der Waals surface area contributed by atoms with Crippen molar-refractivity contribution in [2.75, 3.05) is 0 Å². The maximum Gasteiger partial charge on any atom is 0.205 e. The molecule has 0 radical (unpaired) electrons. The molecule has 2 heterocycles. The van der Waals surface area contributed by atoms with Gasteiger partial charge in [-0.1, -0.05) is 23.8 Å². The Morgan fingerprint density at radius 1 is 1.35 bits per heavy atom. The maximum atomic E-state index is 12.7. The Labute approximate surface area is 138 Å². The number of fused-ring (bicyclic) bond motifs is 1. The van der Waals surface area contributed by atoms with Gasteiger partial charge < -0.3 is 10.3 Å². The highest BCUT2D eigenvalue weighted by molar-refractivity contribution is 7.90. The summed E-state index contributed by atoms with van der Waals surface area (Å²) in [7, 11) is 0. The molecule has 6 heteroatoms. The van der Waals surface area contributed by atoms with Crippen LogP contribution in [0, 0.1) is 6.92 Å². The zero-order valence-corrected chi connectivity index (χ0v) is 13.7. The molecule has 0 fully saturated rings. The molecule has 0 saturated heterocycles. The lowest BCUT2D eigenvalue weighted by molar-refractivity contribution is 0.587. The Balaban J connectivity index is 1.96. The highest BCUT2D eigenvalue weighted by atomic mass is 32.2. The van der Waals surface area contributed by atoms with E-state index in [1.165, 1.54) is 0 Å². The Morgan fingerprint density at radius 2 is 2.09 bits per heavy atom. The van der Waals surface area contributed by atoms with Gasteiger partial charge in [0.1, 0.15) is 16.9 Å². The molecule has 3 rings (SSSR count). The minimum absolute atomic E-state index is 0.227. The third-order valence-electron chi connectivity index (χ3n) is 3.58. The van der Waals surface area contributed by atoms with Gasteiger partial charge in [-0.3, -0.25) is 0 Å². The van der Waals surface area contributed by atoms with Crippen molar-refractivity contribution in [3.05, 3.63) is 66.6 Å². The average molecular weight is 326 g/mol. The van der Waals surface area contributed by atoms with Gasteiger partial charge >= 0.3 is 0 Å². The fraction of sp³-hybridized carbons (Fsp3) is 0.176. The highest BCUT2D eigenvalue weighted by Gasteiger charge is 2.19. The van der Waals surface area contributed by atoms with E-state index in [-0.39, 0.29) is 6.04 Å². The van der Waals surface area contributed by atoms with Crippen LogP contribution in [-0.4, -0.2) is 18.5 Å². The molecular weight excluding hydrogens is 308 g/mol. The molecule has 5 nitrogen and oxygen atoms in total. The number of aryl methyl sites for hydroxylation is 1. The quantitative estimate of drug-likeness (QED) is 0.577. The number of nitrogens with two attached hydrogens (primary N) is 1. The standard InChI is InChI=1S/C17H18N4OS/c1-3-4-14(18)16-11-19-17-15(20-16)9-10-21(17)23(22)13-7-5-12(2)6-8-13/h3,5-11,14H,1,4,18H2,2H3. The van der Waals surface area contributed by atoms with E-state index in [1.807, 2.05) is 31.2 Å². The normalized spacial score (nSPS) is 13.9. The second-order valence-corrected chi connectivity index (χ2v) is 6.70. The van der Waals surface area contributed by atoms with E-state index >= 15 is 0 Å². The van der Waals surface area contributed by atoms with Crippen molar-refractivity contribution in [1.82, 2.24) is 13.9 Å². The van der Waals surface area contributed by atoms with Crippen LogP contribution in [0.1, 0.15) is 23.7 Å². The van der Waals surface area contributed by atoms with E-state index in [4.69, 9.17) is 5.73 Å². The molecule has 0 aliphatic rings. The monoisotopic (exact) mass is 326 g/mol. The van der Waals surface area contributed by atoms with Gasteiger partial charge in [0.15, 0.2) is 4.90 Å². The highest BCUT2D eigenvalue weighted by Crippen LogP contribution is 2.21. The molecule has 0 spiro atoms. The number of aromatic nitrogens is 3. The number of hydrogen-bond donors (Lipinski definition) is 1. The van der Waals surface area contributed by atoms with E-state index < -0.39 is 11.4 Å². The van der Waals surface area contributed by atoms with Gasteiger partial charge in [-0.15, -0.1) is 10.6 Å². The third-order valence-corrected chi connectivity index (χ3v) is 4.90. The molecule has 0 aliphatic carbocycles. The Morgan fingerprint density at radius 3 is 2.78 bits per heavy atom. The van der Waals surface area contributed by atoms with Crippen molar-refractivity contribution >= 4 is 22.5 Å². The first-order valence-electron chi connectivity index (χ1n) is 7.29. The lowest BCUT2D eigenvalue weighted by atomic mass is 10.1. The van der Waals surface area contributed by atoms with Crippen LogP contribution in [0.3, 0.4) is 0 Å². The Kier molecular flexibility index (Phi) is 4.47. The number of rotatable bonds is 5. The molecule has 1 aromatic carbocycles. The predicted molar refractivity (Wildman–Crippen MR) is 92.3 cm³/mol.